The second-order valence-electron chi connectivity index (χ2n) is 29.6. The predicted molar refractivity (Wildman–Crippen MR) is 351 cm³/mol. The maximum Gasteiger partial charge on any atom is 0.252 e. The molecule has 4 heteroatoms. The zero-order valence-electron chi connectivity index (χ0n) is 50.9. The van der Waals surface area contributed by atoms with Gasteiger partial charge in [0.2, 0.25) is 0 Å². The van der Waals surface area contributed by atoms with Gasteiger partial charge in [-0.2, -0.15) is 0 Å². The van der Waals surface area contributed by atoms with Gasteiger partial charge in [-0.25, -0.2) is 0 Å². The van der Waals surface area contributed by atoms with Crippen LogP contribution in [0.4, 0.5) is 39.8 Å². The fourth-order valence-electron chi connectivity index (χ4n) is 16.9. The van der Waals surface area contributed by atoms with Crippen molar-refractivity contribution in [1.29, 1.82) is 0 Å². The summed E-state index contributed by atoms with van der Waals surface area (Å²) in [5.41, 5.74) is 27.5. The third-order valence-electron chi connectivity index (χ3n) is 22.1. The van der Waals surface area contributed by atoms with Crippen molar-refractivity contribution in [1.82, 2.24) is 0 Å². The van der Waals surface area contributed by atoms with Crippen LogP contribution in [0.25, 0.3) is 33.0 Å². The summed E-state index contributed by atoms with van der Waals surface area (Å²) in [7, 11) is 0. The van der Waals surface area contributed by atoms with Gasteiger partial charge < -0.3 is 14.7 Å². The molecule has 82 heavy (non-hydrogen) atoms. The molecule has 4 unspecified atom stereocenters. The summed E-state index contributed by atoms with van der Waals surface area (Å²) >= 11 is 0. The SMILES string of the molecule is CC(C)(C)c1ccc2c(c1)B1c3cc(-c4ccccc4)cc4c3N(c3cc(N5c6ccc(C(C)(C)C)cc6C6(C)CCc7ccccc7C56C)cc(c31)N2c1ccc(C(C)(C)C)cc1-c1ccc2ccccc2c1)C1(C)CCCCC41C. The average molecular weight is 1070 g/mol. The average Bonchev–Trinajstić information content (AvgIpc) is 1.66. The third kappa shape index (κ3) is 6.96. The van der Waals surface area contributed by atoms with E-state index in [1.54, 1.807) is 0 Å². The van der Waals surface area contributed by atoms with Gasteiger partial charge in [-0.15, -0.1) is 0 Å². The van der Waals surface area contributed by atoms with E-state index in [4.69, 9.17) is 0 Å². The molecule has 9 aromatic rings. The molecule has 4 atom stereocenters. The van der Waals surface area contributed by atoms with Gasteiger partial charge in [0.25, 0.3) is 6.71 Å². The molecule has 1 saturated carbocycles. The van der Waals surface area contributed by atoms with Gasteiger partial charge in [0.05, 0.1) is 16.8 Å². The largest absolute Gasteiger partial charge is 0.335 e. The highest BCUT2D eigenvalue weighted by Crippen LogP contribution is 2.67. The summed E-state index contributed by atoms with van der Waals surface area (Å²) in [6, 6.07) is 70.0. The highest BCUT2D eigenvalue weighted by atomic mass is 15.3. The van der Waals surface area contributed by atoms with Crippen molar-refractivity contribution in [2.24, 2.45) is 0 Å². The maximum atomic E-state index is 2.96. The molecular weight excluding hydrogens is 990 g/mol. The number of hydrogen-bond acceptors (Lipinski definition) is 3. The Morgan fingerprint density at radius 3 is 1.79 bits per heavy atom. The van der Waals surface area contributed by atoms with E-state index in [-0.39, 0.29) is 39.3 Å². The first-order chi connectivity index (χ1) is 39.0. The van der Waals surface area contributed by atoms with Crippen LogP contribution < -0.4 is 31.1 Å². The van der Waals surface area contributed by atoms with Gasteiger partial charge in [0.1, 0.15) is 0 Å². The molecule has 1 fully saturated rings. The standard InChI is InChI=1S/C78H80BN3/c1-72(2,3)55-31-34-65(59(44-55)53-30-29-50-25-17-18-27-52(50)41-53)80-67-36-33-57(74(7,8)9)46-63(67)79-64-43-54(49-23-15-14-16-24-49)42-62-71(64)82(77(12)39-22-21-38-75(62,77)10)69-48-58(47-68(80)70(69)79)81-66-35-32-56(73(4,5)6)45-61(66)76(11)40-37-51-26-19-20-28-60(51)78(76,81)13/h14-20,23-36,41-48H,21-22,37-40H2,1-13H3. The van der Waals surface area contributed by atoms with Crippen molar-refractivity contribution in [2.45, 2.75) is 167 Å². The van der Waals surface area contributed by atoms with Gasteiger partial charge in [0, 0.05) is 50.5 Å². The van der Waals surface area contributed by atoms with E-state index in [2.05, 4.69) is 281 Å². The smallest absolute Gasteiger partial charge is 0.252 e. The molecular formula is C78H80BN3. The molecule has 410 valence electrons. The van der Waals surface area contributed by atoms with Crippen molar-refractivity contribution in [3.8, 4) is 22.3 Å². The van der Waals surface area contributed by atoms with Gasteiger partial charge in [-0.1, -0.05) is 216 Å². The van der Waals surface area contributed by atoms with Crippen LogP contribution in [-0.2, 0) is 39.0 Å². The van der Waals surface area contributed by atoms with E-state index < -0.39 is 5.54 Å². The third-order valence-corrected chi connectivity index (χ3v) is 22.1. The second kappa shape index (κ2) is 17.2. The number of benzene rings is 9. The number of fused-ring (bicyclic) bond motifs is 13. The number of aryl methyl sites for hydroxylation is 1. The van der Waals surface area contributed by atoms with Crippen molar-refractivity contribution in [2.75, 3.05) is 14.7 Å². The van der Waals surface area contributed by atoms with Crippen molar-refractivity contribution in [3.05, 3.63) is 215 Å². The van der Waals surface area contributed by atoms with Crippen LogP contribution in [0.5, 0.6) is 0 Å². The molecule has 6 aliphatic rings. The molecule has 4 aliphatic heterocycles. The fraction of sp³-hybridized carbons (Fsp3) is 0.333. The van der Waals surface area contributed by atoms with Gasteiger partial charge in [-0.05, 0) is 187 Å². The van der Waals surface area contributed by atoms with Crippen LogP contribution in [0.1, 0.15) is 161 Å². The summed E-state index contributed by atoms with van der Waals surface area (Å²) in [6.07, 6.45) is 6.87. The molecule has 3 nitrogen and oxygen atoms in total. The minimum Gasteiger partial charge on any atom is -0.335 e. The summed E-state index contributed by atoms with van der Waals surface area (Å²) < 4.78 is 0. The van der Waals surface area contributed by atoms with Crippen molar-refractivity contribution in [3.63, 3.8) is 0 Å². The lowest BCUT2D eigenvalue weighted by atomic mass is 9.33. The highest BCUT2D eigenvalue weighted by molar-refractivity contribution is 7.00. The number of hydrogen-bond donors (Lipinski definition) is 0. The van der Waals surface area contributed by atoms with E-state index in [0.717, 1.165) is 25.7 Å². The molecule has 0 aromatic heterocycles. The number of anilines is 7. The first-order valence-electron chi connectivity index (χ1n) is 30.9. The molecule has 15 rings (SSSR count). The van der Waals surface area contributed by atoms with Crippen LogP contribution in [0.3, 0.4) is 0 Å². The molecule has 0 spiro atoms. The quantitative estimate of drug-likeness (QED) is 0.163. The molecule has 0 amide bonds. The Labute approximate surface area is 489 Å². The molecule has 2 aliphatic carbocycles. The van der Waals surface area contributed by atoms with Crippen LogP contribution in [-0.4, -0.2) is 12.3 Å². The van der Waals surface area contributed by atoms with Crippen molar-refractivity contribution < 1.29 is 0 Å². The Balaban J connectivity index is 1.10. The first kappa shape index (κ1) is 51.6. The lowest BCUT2D eigenvalue weighted by Gasteiger charge is -2.54. The normalized spacial score (nSPS) is 23.0. The monoisotopic (exact) mass is 1070 g/mol. The second-order valence-corrected chi connectivity index (χ2v) is 29.6. The number of nitrogens with zero attached hydrogens (tertiary/aromatic N) is 3. The van der Waals surface area contributed by atoms with Gasteiger partial charge in [-0.3, -0.25) is 0 Å². The molecule has 4 heterocycles. The highest BCUT2D eigenvalue weighted by Gasteiger charge is 2.63. The van der Waals surface area contributed by atoms with Crippen LogP contribution in [0, 0.1) is 0 Å². The Bertz CT molecular complexity index is 4170. The zero-order chi connectivity index (χ0) is 56.8. The summed E-state index contributed by atoms with van der Waals surface area (Å²) in [4.78, 5) is 8.57. The van der Waals surface area contributed by atoms with Gasteiger partial charge in [0.15, 0.2) is 0 Å². The lowest BCUT2D eigenvalue weighted by molar-refractivity contribution is 0.195. The Hall–Kier alpha value is -7.30. The van der Waals surface area contributed by atoms with E-state index in [0.29, 0.717) is 0 Å². The Kier molecular flexibility index (Phi) is 10.8. The minimum atomic E-state index is -0.402. The fourth-order valence-corrected chi connectivity index (χ4v) is 16.9. The van der Waals surface area contributed by atoms with E-state index in [1.165, 1.54) is 141 Å². The van der Waals surface area contributed by atoms with Crippen LogP contribution in [0.2, 0.25) is 0 Å². The van der Waals surface area contributed by atoms with Crippen molar-refractivity contribution >= 4 is 73.7 Å². The van der Waals surface area contributed by atoms with E-state index >= 15 is 0 Å². The summed E-state index contributed by atoms with van der Waals surface area (Å²) in [5, 5.41) is 2.51. The molecule has 9 aromatic carbocycles. The first-order valence-corrected chi connectivity index (χ1v) is 30.9. The Morgan fingerprint density at radius 2 is 1.05 bits per heavy atom. The minimum absolute atomic E-state index is 0.00213. The summed E-state index contributed by atoms with van der Waals surface area (Å²) in [5.74, 6) is 0. The lowest BCUT2D eigenvalue weighted by Crippen LogP contribution is -2.64. The predicted octanol–water partition coefficient (Wildman–Crippen LogP) is 18.7. The topological polar surface area (TPSA) is 9.72 Å². The molecule has 0 N–H and O–H groups in total. The summed E-state index contributed by atoms with van der Waals surface area (Å²) in [6.45, 7) is 31.9. The molecule has 0 saturated heterocycles. The van der Waals surface area contributed by atoms with E-state index in [1.807, 2.05) is 0 Å². The molecule has 0 bridgehead atoms. The zero-order valence-corrected chi connectivity index (χ0v) is 50.9. The van der Waals surface area contributed by atoms with E-state index in [9.17, 15) is 0 Å². The maximum absolute atomic E-state index is 2.96. The Morgan fingerprint density at radius 1 is 0.415 bits per heavy atom. The van der Waals surface area contributed by atoms with Crippen LogP contribution >= 0.6 is 0 Å². The number of rotatable bonds is 4. The van der Waals surface area contributed by atoms with Crippen LogP contribution in [0.15, 0.2) is 176 Å². The molecule has 0 radical (unpaired) electrons. The van der Waals surface area contributed by atoms with Gasteiger partial charge >= 0.3 is 0 Å².